The van der Waals surface area contributed by atoms with Crippen LogP contribution in [0.15, 0.2) is 58.6 Å². The van der Waals surface area contributed by atoms with Gasteiger partial charge < -0.3 is 10.9 Å². The Kier molecular flexibility index (Phi) is 4.35. The topological polar surface area (TPSA) is 105 Å². The second-order valence-electron chi connectivity index (χ2n) is 4.09. The minimum Gasteiger partial charge on any atom is -0.409 e. The number of oxime groups is 1. The highest BCUT2D eigenvalue weighted by Crippen LogP contribution is 2.21. The van der Waals surface area contributed by atoms with E-state index >= 15 is 0 Å². The second-order valence-corrected chi connectivity index (χ2v) is 6.21. The van der Waals surface area contributed by atoms with E-state index in [2.05, 4.69) is 9.88 Å². The molecule has 0 atom stereocenters. The van der Waals surface area contributed by atoms with Gasteiger partial charge in [0.15, 0.2) is 5.84 Å². The monoisotopic (exact) mass is 325 g/mol. The highest BCUT2D eigenvalue weighted by molar-refractivity contribution is 7.92. The van der Waals surface area contributed by atoms with Gasteiger partial charge >= 0.3 is 0 Å². The summed E-state index contributed by atoms with van der Waals surface area (Å²) < 4.78 is 27.0. The zero-order chi connectivity index (χ0) is 15.5. The number of rotatable bonds is 4. The molecular weight excluding hydrogens is 314 g/mol. The number of benzene rings is 2. The highest BCUT2D eigenvalue weighted by Gasteiger charge is 2.16. The van der Waals surface area contributed by atoms with Crippen LogP contribution < -0.4 is 10.5 Å². The molecule has 0 saturated carbocycles. The van der Waals surface area contributed by atoms with Gasteiger partial charge in [-0.2, -0.15) is 0 Å². The average molecular weight is 326 g/mol. The molecule has 2 aromatic carbocycles. The molecule has 6 nitrogen and oxygen atoms in total. The summed E-state index contributed by atoms with van der Waals surface area (Å²) in [4.78, 5) is 0.0567. The van der Waals surface area contributed by atoms with E-state index in [9.17, 15) is 8.42 Å². The first-order chi connectivity index (χ1) is 9.94. The number of halogens is 1. The molecule has 0 heterocycles. The van der Waals surface area contributed by atoms with E-state index in [1.165, 1.54) is 36.4 Å². The standard InChI is InChI=1S/C13H12ClN3O3S/c14-9-5-7-10(8-6-9)21(19,20)17-12-4-2-1-3-11(12)13(15)16-18/h1-8,17-18H,(H2,15,16). The molecule has 4 N–H and O–H groups in total. The molecule has 21 heavy (non-hydrogen) atoms. The van der Waals surface area contributed by atoms with Crippen LogP contribution in [0.2, 0.25) is 5.02 Å². The maximum absolute atomic E-state index is 12.3. The van der Waals surface area contributed by atoms with Gasteiger partial charge in [0.05, 0.1) is 10.6 Å². The van der Waals surface area contributed by atoms with Gasteiger partial charge in [0.1, 0.15) is 0 Å². The van der Waals surface area contributed by atoms with Crippen LogP contribution in [-0.2, 0) is 10.0 Å². The Bertz CT molecular complexity index is 774. The van der Waals surface area contributed by atoms with Crippen LogP contribution in [0.5, 0.6) is 0 Å². The van der Waals surface area contributed by atoms with Crippen molar-refractivity contribution in [3.63, 3.8) is 0 Å². The molecule has 2 aromatic rings. The molecule has 0 radical (unpaired) electrons. The number of nitrogens with two attached hydrogens (primary N) is 1. The summed E-state index contributed by atoms with van der Waals surface area (Å²) in [6.07, 6.45) is 0. The summed E-state index contributed by atoms with van der Waals surface area (Å²) in [6.45, 7) is 0. The lowest BCUT2D eigenvalue weighted by molar-refractivity contribution is 0.318. The first-order valence-electron chi connectivity index (χ1n) is 5.79. The summed E-state index contributed by atoms with van der Waals surface area (Å²) in [6, 6.07) is 12.1. The molecule has 0 spiro atoms. The zero-order valence-corrected chi connectivity index (χ0v) is 12.3. The lowest BCUT2D eigenvalue weighted by Crippen LogP contribution is -2.19. The number of hydrogen-bond donors (Lipinski definition) is 3. The molecule has 8 heteroatoms. The minimum atomic E-state index is -3.80. The molecule has 0 aliphatic rings. The van der Waals surface area contributed by atoms with Gasteiger partial charge in [-0.25, -0.2) is 8.42 Å². The molecule has 0 unspecified atom stereocenters. The van der Waals surface area contributed by atoms with E-state index in [-0.39, 0.29) is 22.0 Å². The lowest BCUT2D eigenvalue weighted by atomic mass is 10.2. The fourth-order valence-corrected chi connectivity index (χ4v) is 2.87. The Morgan fingerprint density at radius 1 is 1.14 bits per heavy atom. The van der Waals surface area contributed by atoms with Crippen LogP contribution in [0, 0.1) is 0 Å². The van der Waals surface area contributed by atoms with Gasteiger partial charge in [-0.15, -0.1) is 0 Å². The van der Waals surface area contributed by atoms with Crippen molar-refractivity contribution in [2.75, 3.05) is 4.72 Å². The number of sulfonamides is 1. The SMILES string of the molecule is N/C(=N/O)c1ccccc1NS(=O)(=O)c1ccc(Cl)cc1. The van der Waals surface area contributed by atoms with Crippen LogP contribution in [-0.4, -0.2) is 19.5 Å². The number of amidine groups is 1. The summed E-state index contributed by atoms with van der Waals surface area (Å²) >= 11 is 5.73. The summed E-state index contributed by atoms with van der Waals surface area (Å²) in [5.74, 6) is -0.190. The molecule has 0 bridgehead atoms. The number of anilines is 1. The molecule has 2 rings (SSSR count). The highest BCUT2D eigenvalue weighted by atomic mass is 35.5. The molecule has 0 aromatic heterocycles. The van der Waals surface area contributed by atoms with Gasteiger partial charge in [-0.3, -0.25) is 4.72 Å². The number of para-hydroxylation sites is 1. The Balaban J connectivity index is 2.40. The van der Waals surface area contributed by atoms with E-state index in [0.717, 1.165) is 0 Å². The van der Waals surface area contributed by atoms with E-state index in [0.29, 0.717) is 5.02 Å². The maximum atomic E-state index is 12.3. The van der Waals surface area contributed by atoms with Gasteiger partial charge in [-0.05, 0) is 36.4 Å². The lowest BCUT2D eigenvalue weighted by Gasteiger charge is -2.11. The van der Waals surface area contributed by atoms with Crippen molar-refractivity contribution < 1.29 is 13.6 Å². The number of nitrogens with one attached hydrogen (secondary N) is 1. The maximum Gasteiger partial charge on any atom is 0.261 e. The largest absolute Gasteiger partial charge is 0.409 e. The first kappa shape index (κ1) is 15.1. The molecule has 110 valence electrons. The third-order valence-electron chi connectivity index (χ3n) is 2.68. The van der Waals surface area contributed by atoms with Crippen LogP contribution in [0.4, 0.5) is 5.69 Å². The van der Waals surface area contributed by atoms with Crippen molar-refractivity contribution in [2.24, 2.45) is 10.9 Å². The summed E-state index contributed by atoms with van der Waals surface area (Å²) in [7, 11) is -3.80. The van der Waals surface area contributed by atoms with Crippen molar-refractivity contribution in [3.8, 4) is 0 Å². The van der Waals surface area contributed by atoms with E-state index < -0.39 is 10.0 Å². The molecule has 0 fully saturated rings. The molecule has 0 aliphatic heterocycles. The van der Waals surface area contributed by atoms with Crippen molar-refractivity contribution in [3.05, 3.63) is 59.1 Å². The van der Waals surface area contributed by atoms with Crippen molar-refractivity contribution in [1.29, 1.82) is 0 Å². The molecule has 0 saturated heterocycles. The van der Waals surface area contributed by atoms with Gasteiger partial charge in [0.25, 0.3) is 10.0 Å². The quantitative estimate of drug-likeness (QED) is 0.347. The van der Waals surface area contributed by atoms with Crippen molar-refractivity contribution in [2.45, 2.75) is 4.90 Å². The first-order valence-corrected chi connectivity index (χ1v) is 7.65. The van der Waals surface area contributed by atoms with E-state index in [4.69, 9.17) is 22.5 Å². The van der Waals surface area contributed by atoms with Gasteiger partial charge in [0, 0.05) is 10.6 Å². The predicted octanol–water partition coefficient (Wildman–Crippen LogP) is 2.24. The number of nitrogens with zero attached hydrogens (tertiary/aromatic N) is 1. The Hall–Kier alpha value is -2.25. The fourth-order valence-electron chi connectivity index (χ4n) is 1.67. The second kappa shape index (κ2) is 6.02. The van der Waals surface area contributed by atoms with Crippen LogP contribution in [0.3, 0.4) is 0 Å². The van der Waals surface area contributed by atoms with E-state index in [1.807, 2.05) is 0 Å². The average Bonchev–Trinajstić information content (AvgIpc) is 2.47. The zero-order valence-electron chi connectivity index (χ0n) is 10.7. The molecular formula is C13H12ClN3O3S. The smallest absolute Gasteiger partial charge is 0.261 e. The fraction of sp³-hybridized carbons (Fsp3) is 0. The Morgan fingerprint density at radius 3 is 2.38 bits per heavy atom. The minimum absolute atomic E-state index is 0.0567. The van der Waals surface area contributed by atoms with Crippen molar-refractivity contribution in [1.82, 2.24) is 0 Å². The van der Waals surface area contributed by atoms with Crippen LogP contribution >= 0.6 is 11.6 Å². The van der Waals surface area contributed by atoms with Gasteiger partial charge in [-0.1, -0.05) is 28.9 Å². The summed E-state index contributed by atoms with van der Waals surface area (Å²) in [5, 5.41) is 12.0. The van der Waals surface area contributed by atoms with E-state index in [1.54, 1.807) is 12.1 Å². The normalized spacial score (nSPS) is 12.1. The predicted molar refractivity (Wildman–Crippen MR) is 81.2 cm³/mol. The Morgan fingerprint density at radius 2 is 1.76 bits per heavy atom. The van der Waals surface area contributed by atoms with Gasteiger partial charge in [0.2, 0.25) is 0 Å². The summed E-state index contributed by atoms with van der Waals surface area (Å²) in [5.41, 5.74) is 6.01. The van der Waals surface area contributed by atoms with Crippen LogP contribution in [0.1, 0.15) is 5.56 Å². The van der Waals surface area contributed by atoms with Crippen LogP contribution in [0.25, 0.3) is 0 Å². The Labute approximate surface area is 126 Å². The molecule has 0 aliphatic carbocycles. The molecule has 0 amide bonds. The third-order valence-corrected chi connectivity index (χ3v) is 4.31. The number of hydrogen-bond acceptors (Lipinski definition) is 4. The third kappa shape index (κ3) is 3.45. The van der Waals surface area contributed by atoms with Crippen molar-refractivity contribution >= 4 is 33.1 Å².